The van der Waals surface area contributed by atoms with Gasteiger partial charge in [0.05, 0.1) is 0 Å². The second kappa shape index (κ2) is 5.49. The van der Waals surface area contributed by atoms with Gasteiger partial charge in [0.2, 0.25) is 0 Å². The van der Waals surface area contributed by atoms with E-state index in [1.165, 1.54) is 37.7 Å². The summed E-state index contributed by atoms with van der Waals surface area (Å²) in [6.45, 7) is 4.46. The molecule has 7 atom stereocenters. The van der Waals surface area contributed by atoms with Crippen LogP contribution >= 0.6 is 0 Å². The third kappa shape index (κ3) is 2.23. The van der Waals surface area contributed by atoms with Crippen molar-refractivity contribution in [3.63, 3.8) is 0 Å². The van der Waals surface area contributed by atoms with E-state index in [9.17, 15) is 9.90 Å². The molecule has 0 aromatic carbocycles. The molecule has 2 nitrogen and oxygen atoms in total. The highest BCUT2D eigenvalue weighted by Gasteiger charge is 2.56. The first-order valence-electron chi connectivity index (χ1n) is 9.39. The molecule has 3 saturated carbocycles. The van der Waals surface area contributed by atoms with E-state index in [-0.39, 0.29) is 5.78 Å². The summed E-state index contributed by atoms with van der Waals surface area (Å²) in [6.07, 6.45) is 9.12. The number of ketones is 1. The molecule has 0 bridgehead atoms. The Morgan fingerprint density at radius 2 is 2.04 bits per heavy atom. The minimum Gasteiger partial charge on any atom is -0.385 e. The molecule has 2 unspecified atom stereocenters. The lowest BCUT2D eigenvalue weighted by Gasteiger charge is -2.53. The van der Waals surface area contributed by atoms with E-state index in [1.54, 1.807) is 6.08 Å². The summed E-state index contributed by atoms with van der Waals surface area (Å²) < 4.78 is 0. The Hall–Kier alpha value is -1.07. The van der Waals surface area contributed by atoms with Gasteiger partial charge in [-0.25, -0.2) is 0 Å². The van der Waals surface area contributed by atoms with Crippen molar-refractivity contribution in [1.29, 1.82) is 0 Å². The van der Waals surface area contributed by atoms with Crippen LogP contribution in [0.2, 0.25) is 0 Å². The predicted octanol–water partition coefficient (Wildman–Crippen LogP) is 3.74. The topological polar surface area (TPSA) is 37.3 Å². The molecule has 1 N–H and O–H groups in total. The van der Waals surface area contributed by atoms with Crippen molar-refractivity contribution in [3.8, 4) is 11.8 Å². The van der Waals surface area contributed by atoms with Gasteiger partial charge in [0.15, 0.2) is 5.78 Å². The van der Waals surface area contributed by atoms with Crippen LogP contribution in [0.15, 0.2) is 11.6 Å². The third-order valence-corrected chi connectivity index (χ3v) is 7.70. The van der Waals surface area contributed by atoms with E-state index in [0.717, 1.165) is 18.3 Å². The molecule has 0 spiro atoms. The molecule has 0 aromatic rings. The highest BCUT2D eigenvalue weighted by Crippen LogP contribution is 2.63. The van der Waals surface area contributed by atoms with E-state index in [4.69, 9.17) is 0 Å². The van der Waals surface area contributed by atoms with E-state index >= 15 is 0 Å². The molecule has 0 aliphatic heterocycles. The molecule has 124 valence electrons. The SMILES string of the molecule is CC#CC1CC[C@H]2[C@@H]3CCC4=CC(=O)C(O)C[C@@H]4[C@H]3CC[C@]12C. The van der Waals surface area contributed by atoms with Gasteiger partial charge >= 0.3 is 0 Å². The first kappa shape index (κ1) is 15.5. The van der Waals surface area contributed by atoms with Crippen LogP contribution in [-0.4, -0.2) is 17.0 Å². The van der Waals surface area contributed by atoms with Crippen molar-refractivity contribution in [3.05, 3.63) is 11.6 Å². The van der Waals surface area contributed by atoms with E-state index < -0.39 is 6.10 Å². The minimum absolute atomic E-state index is 0.0606. The lowest BCUT2D eigenvalue weighted by atomic mass is 9.51. The molecule has 4 rings (SSSR count). The highest BCUT2D eigenvalue weighted by atomic mass is 16.3. The number of allylic oxidation sites excluding steroid dienone is 1. The fourth-order valence-electron chi connectivity index (χ4n) is 6.58. The number of aliphatic hydroxyl groups excluding tert-OH is 1. The number of rotatable bonds is 0. The van der Waals surface area contributed by atoms with Gasteiger partial charge in [0, 0.05) is 5.92 Å². The van der Waals surface area contributed by atoms with Crippen LogP contribution in [0.25, 0.3) is 0 Å². The number of hydrogen-bond acceptors (Lipinski definition) is 2. The number of carbonyl (C=O) groups is 1. The van der Waals surface area contributed by atoms with Crippen molar-refractivity contribution in [2.75, 3.05) is 0 Å². The summed E-state index contributed by atoms with van der Waals surface area (Å²) in [5.41, 5.74) is 1.74. The molecule has 4 aliphatic rings. The normalized spacial score (nSPS) is 48.5. The second-order valence-corrected chi connectivity index (χ2v) is 8.52. The van der Waals surface area contributed by atoms with Crippen molar-refractivity contribution in [1.82, 2.24) is 0 Å². The Bertz CT molecular complexity index is 607. The van der Waals surface area contributed by atoms with Gasteiger partial charge in [-0.3, -0.25) is 4.79 Å². The fourth-order valence-corrected chi connectivity index (χ4v) is 6.58. The van der Waals surface area contributed by atoms with Crippen LogP contribution in [-0.2, 0) is 4.79 Å². The maximum Gasteiger partial charge on any atom is 0.184 e. The first-order chi connectivity index (χ1) is 11.0. The number of aliphatic hydroxyl groups is 1. The quantitative estimate of drug-likeness (QED) is 0.692. The van der Waals surface area contributed by atoms with Gasteiger partial charge in [0.1, 0.15) is 6.10 Å². The molecule has 3 fully saturated rings. The summed E-state index contributed by atoms with van der Waals surface area (Å²) >= 11 is 0. The maximum absolute atomic E-state index is 11.8. The Morgan fingerprint density at radius 1 is 1.22 bits per heavy atom. The van der Waals surface area contributed by atoms with Crippen molar-refractivity contribution in [2.45, 2.75) is 64.9 Å². The highest BCUT2D eigenvalue weighted by molar-refractivity contribution is 5.95. The zero-order chi connectivity index (χ0) is 16.2. The molecule has 2 heteroatoms. The lowest BCUT2D eigenvalue weighted by Crippen LogP contribution is -2.47. The van der Waals surface area contributed by atoms with Crippen molar-refractivity contribution >= 4 is 5.78 Å². The smallest absolute Gasteiger partial charge is 0.184 e. The van der Waals surface area contributed by atoms with Crippen LogP contribution in [0.1, 0.15) is 58.8 Å². The molecule has 23 heavy (non-hydrogen) atoms. The van der Waals surface area contributed by atoms with Crippen LogP contribution in [0.3, 0.4) is 0 Å². The first-order valence-corrected chi connectivity index (χ1v) is 9.39. The van der Waals surface area contributed by atoms with Crippen molar-refractivity contribution < 1.29 is 9.90 Å². The van der Waals surface area contributed by atoms with Gasteiger partial charge in [-0.2, -0.15) is 0 Å². The zero-order valence-electron chi connectivity index (χ0n) is 14.3. The Morgan fingerprint density at radius 3 is 2.83 bits per heavy atom. The molecule has 0 heterocycles. The summed E-state index contributed by atoms with van der Waals surface area (Å²) in [6, 6.07) is 0. The molecule has 0 saturated heterocycles. The van der Waals surface area contributed by atoms with Crippen LogP contribution in [0.5, 0.6) is 0 Å². The molecule has 0 radical (unpaired) electrons. The number of fused-ring (bicyclic) bond motifs is 5. The summed E-state index contributed by atoms with van der Waals surface area (Å²) in [4.78, 5) is 11.8. The Kier molecular flexibility index (Phi) is 3.69. The van der Waals surface area contributed by atoms with E-state index in [0.29, 0.717) is 29.6 Å². The minimum atomic E-state index is -0.752. The van der Waals surface area contributed by atoms with Crippen LogP contribution < -0.4 is 0 Å². The van der Waals surface area contributed by atoms with Gasteiger partial charge < -0.3 is 5.11 Å². The van der Waals surface area contributed by atoms with Gasteiger partial charge in [0.25, 0.3) is 0 Å². The number of carbonyl (C=O) groups excluding carboxylic acids is 1. The van der Waals surface area contributed by atoms with Gasteiger partial charge in [-0.05, 0) is 87.0 Å². The monoisotopic (exact) mass is 312 g/mol. The largest absolute Gasteiger partial charge is 0.385 e. The van der Waals surface area contributed by atoms with Gasteiger partial charge in [-0.15, -0.1) is 5.92 Å². The molecule has 0 aromatic heterocycles. The van der Waals surface area contributed by atoms with Crippen molar-refractivity contribution in [2.24, 2.45) is 35.0 Å². The maximum atomic E-state index is 11.8. The summed E-state index contributed by atoms with van der Waals surface area (Å²) in [7, 11) is 0. The van der Waals surface area contributed by atoms with Crippen LogP contribution in [0, 0.1) is 46.8 Å². The summed E-state index contributed by atoms with van der Waals surface area (Å²) in [5, 5.41) is 10.0. The molecule has 0 amide bonds. The molecule has 4 aliphatic carbocycles. The summed E-state index contributed by atoms with van der Waals surface area (Å²) in [5.74, 6) is 9.90. The number of hydrogen-bond donors (Lipinski definition) is 1. The molecular weight excluding hydrogens is 284 g/mol. The standard InChI is InChI=1S/C21H28O2/c1-3-4-14-6-8-18-16-7-5-13-11-19(22)20(23)12-17(13)15(16)9-10-21(14,18)2/h11,14-18,20,23H,5-10,12H2,1-2H3/t14?,15-,16+,17-,18-,20?,21+/m0/s1. The average Bonchev–Trinajstić information content (AvgIpc) is 2.86. The Balaban J connectivity index is 1.62. The second-order valence-electron chi connectivity index (χ2n) is 8.52. The third-order valence-electron chi connectivity index (χ3n) is 7.70. The van der Waals surface area contributed by atoms with Crippen LogP contribution in [0.4, 0.5) is 0 Å². The molecular formula is C21H28O2. The van der Waals surface area contributed by atoms with E-state index in [1.807, 2.05) is 6.92 Å². The average molecular weight is 312 g/mol. The predicted molar refractivity (Wildman–Crippen MR) is 90.4 cm³/mol. The lowest BCUT2D eigenvalue weighted by molar-refractivity contribution is -0.125. The van der Waals surface area contributed by atoms with E-state index in [2.05, 4.69) is 18.8 Å². The fraction of sp³-hybridized carbons (Fsp3) is 0.762. The van der Waals surface area contributed by atoms with Gasteiger partial charge in [-0.1, -0.05) is 18.4 Å². The zero-order valence-corrected chi connectivity index (χ0v) is 14.3. The Labute approximate surface area is 139 Å².